The summed E-state index contributed by atoms with van der Waals surface area (Å²) in [6, 6.07) is 6.92. The van der Waals surface area contributed by atoms with E-state index in [4.69, 9.17) is 0 Å². The molecule has 7 heteroatoms. The Bertz CT molecular complexity index is 733. The summed E-state index contributed by atoms with van der Waals surface area (Å²) >= 11 is 0. The van der Waals surface area contributed by atoms with Crippen molar-refractivity contribution in [3.8, 4) is 0 Å². The number of carbonyl (C=O) groups excluding carboxylic acids is 1. The quantitative estimate of drug-likeness (QED) is 0.840. The van der Waals surface area contributed by atoms with Crippen LogP contribution >= 0.6 is 0 Å². The van der Waals surface area contributed by atoms with E-state index in [1.807, 2.05) is 6.92 Å². The van der Waals surface area contributed by atoms with Gasteiger partial charge < -0.3 is 10.6 Å². The minimum absolute atomic E-state index is 0.0265. The standard InChI is InChI=1S/C19H29N3O3S/c1-14-13-17(10-11-20-14)21-19(23)16-6-8-18(9-7-16)26(24,25)22-12-4-3-5-15(22)2/h6-9,14-15,17,20H,3-5,10-13H2,1-2H3,(H,21,23). The van der Waals surface area contributed by atoms with Gasteiger partial charge in [0.15, 0.2) is 0 Å². The summed E-state index contributed by atoms with van der Waals surface area (Å²) in [7, 11) is -3.49. The molecule has 1 aromatic carbocycles. The molecule has 0 radical (unpaired) electrons. The zero-order chi connectivity index (χ0) is 18.7. The highest BCUT2D eigenvalue weighted by atomic mass is 32.2. The van der Waals surface area contributed by atoms with Gasteiger partial charge in [0.2, 0.25) is 10.0 Å². The highest BCUT2D eigenvalue weighted by molar-refractivity contribution is 7.89. The van der Waals surface area contributed by atoms with Crippen molar-refractivity contribution in [3.63, 3.8) is 0 Å². The molecule has 6 nitrogen and oxygen atoms in total. The molecule has 2 heterocycles. The number of sulfonamides is 1. The van der Waals surface area contributed by atoms with Gasteiger partial charge in [-0.2, -0.15) is 4.31 Å². The molecule has 26 heavy (non-hydrogen) atoms. The van der Waals surface area contributed by atoms with E-state index in [2.05, 4.69) is 17.6 Å². The van der Waals surface area contributed by atoms with E-state index in [1.165, 1.54) is 0 Å². The maximum atomic E-state index is 12.9. The number of piperidine rings is 2. The second-order valence-electron chi connectivity index (χ2n) is 7.53. The first-order valence-corrected chi connectivity index (χ1v) is 11.0. The molecule has 3 unspecified atom stereocenters. The van der Waals surface area contributed by atoms with Crippen LogP contribution in [0.2, 0.25) is 0 Å². The van der Waals surface area contributed by atoms with Crippen LogP contribution in [0, 0.1) is 0 Å². The number of carbonyl (C=O) groups is 1. The maximum Gasteiger partial charge on any atom is 0.251 e. The molecule has 0 bridgehead atoms. The van der Waals surface area contributed by atoms with Crippen molar-refractivity contribution in [1.82, 2.24) is 14.9 Å². The lowest BCUT2D eigenvalue weighted by Crippen LogP contribution is -2.46. The minimum atomic E-state index is -3.49. The van der Waals surface area contributed by atoms with Crippen molar-refractivity contribution in [2.24, 2.45) is 0 Å². The zero-order valence-corrected chi connectivity index (χ0v) is 16.4. The molecule has 1 amide bonds. The normalized spacial score (nSPS) is 27.8. The van der Waals surface area contributed by atoms with E-state index in [0.29, 0.717) is 18.2 Å². The predicted molar refractivity (Wildman–Crippen MR) is 102 cm³/mol. The average molecular weight is 380 g/mol. The van der Waals surface area contributed by atoms with Gasteiger partial charge >= 0.3 is 0 Å². The molecule has 2 aliphatic rings. The van der Waals surface area contributed by atoms with Crippen LogP contribution in [-0.4, -0.2) is 49.8 Å². The molecule has 2 N–H and O–H groups in total. The van der Waals surface area contributed by atoms with Gasteiger partial charge in [0, 0.05) is 30.2 Å². The number of rotatable bonds is 4. The van der Waals surface area contributed by atoms with Crippen molar-refractivity contribution in [3.05, 3.63) is 29.8 Å². The molecular weight excluding hydrogens is 350 g/mol. The van der Waals surface area contributed by atoms with Crippen LogP contribution in [0.4, 0.5) is 0 Å². The van der Waals surface area contributed by atoms with Gasteiger partial charge in [0.25, 0.3) is 5.91 Å². The first-order chi connectivity index (χ1) is 12.4. The van der Waals surface area contributed by atoms with Gasteiger partial charge in [-0.3, -0.25) is 4.79 Å². The van der Waals surface area contributed by atoms with Crippen molar-refractivity contribution < 1.29 is 13.2 Å². The van der Waals surface area contributed by atoms with E-state index >= 15 is 0 Å². The Labute approximate surface area is 156 Å². The fraction of sp³-hybridized carbons (Fsp3) is 0.632. The van der Waals surface area contributed by atoms with Gasteiger partial charge in [-0.15, -0.1) is 0 Å². The Kier molecular flexibility index (Phi) is 5.99. The summed E-state index contributed by atoms with van der Waals surface area (Å²) in [4.78, 5) is 12.7. The Morgan fingerprint density at radius 2 is 1.88 bits per heavy atom. The molecule has 0 aromatic heterocycles. The summed E-state index contributed by atoms with van der Waals surface area (Å²) in [6.45, 7) is 5.54. The van der Waals surface area contributed by atoms with Crippen molar-refractivity contribution in [2.75, 3.05) is 13.1 Å². The largest absolute Gasteiger partial charge is 0.349 e. The SMILES string of the molecule is CC1CC(NC(=O)c2ccc(S(=O)(=O)N3CCCCC3C)cc2)CCN1. The van der Waals surface area contributed by atoms with Crippen LogP contribution < -0.4 is 10.6 Å². The lowest BCUT2D eigenvalue weighted by molar-refractivity contribution is 0.0925. The second-order valence-corrected chi connectivity index (χ2v) is 9.43. The first kappa shape index (κ1) is 19.3. The van der Waals surface area contributed by atoms with Crippen molar-refractivity contribution >= 4 is 15.9 Å². The Balaban J connectivity index is 1.68. The first-order valence-electron chi connectivity index (χ1n) is 9.54. The molecule has 0 aliphatic carbocycles. The minimum Gasteiger partial charge on any atom is -0.349 e. The van der Waals surface area contributed by atoms with Crippen LogP contribution in [0.5, 0.6) is 0 Å². The summed E-state index contributed by atoms with van der Waals surface area (Å²) in [6.07, 6.45) is 4.69. The molecule has 3 atom stereocenters. The summed E-state index contributed by atoms with van der Waals surface area (Å²) in [5.74, 6) is -0.139. The fourth-order valence-corrected chi connectivity index (χ4v) is 5.57. The lowest BCUT2D eigenvalue weighted by atomic mass is 10.0. The smallest absolute Gasteiger partial charge is 0.251 e. The van der Waals surface area contributed by atoms with E-state index in [1.54, 1.807) is 28.6 Å². The van der Waals surface area contributed by atoms with Crippen LogP contribution in [0.15, 0.2) is 29.2 Å². The second kappa shape index (κ2) is 8.06. The Morgan fingerprint density at radius 3 is 2.54 bits per heavy atom. The molecule has 0 spiro atoms. The zero-order valence-electron chi connectivity index (χ0n) is 15.6. The monoisotopic (exact) mass is 379 g/mol. The predicted octanol–water partition coefficient (Wildman–Crippen LogP) is 2.12. The van der Waals surface area contributed by atoms with Gasteiger partial charge in [-0.1, -0.05) is 6.42 Å². The van der Waals surface area contributed by atoms with Crippen LogP contribution in [-0.2, 0) is 10.0 Å². The van der Waals surface area contributed by atoms with Gasteiger partial charge in [-0.05, 0) is 70.3 Å². The number of hydrogen-bond acceptors (Lipinski definition) is 4. The molecule has 2 fully saturated rings. The Morgan fingerprint density at radius 1 is 1.15 bits per heavy atom. The van der Waals surface area contributed by atoms with Crippen LogP contribution in [0.3, 0.4) is 0 Å². The van der Waals surface area contributed by atoms with E-state index in [9.17, 15) is 13.2 Å². The number of nitrogens with zero attached hydrogens (tertiary/aromatic N) is 1. The fourth-order valence-electron chi connectivity index (χ4n) is 3.87. The molecule has 1 aromatic rings. The molecule has 3 rings (SSSR count). The third-order valence-electron chi connectivity index (χ3n) is 5.42. The van der Waals surface area contributed by atoms with Gasteiger partial charge in [0.1, 0.15) is 0 Å². The van der Waals surface area contributed by atoms with E-state index < -0.39 is 10.0 Å². The molecule has 2 saturated heterocycles. The lowest BCUT2D eigenvalue weighted by Gasteiger charge is -2.32. The van der Waals surface area contributed by atoms with Gasteiger partial charge in [0.05, 0.1) is 4.90 Å². The highest BCUT2D eigenvalue weighted by Crippen LogP contribution is 2.25. The van der Waals surface area contributed by atoms with Gasteiger partial charge in [-0.25, -0.2) is 8.42 Å². The summed E-state index contributed by atoms with van der Waals surface area (Å²) in [5, 5.41) is 6.42. The van der Waals surface area contributed by atoms with Crippen molar-refractivity contribution in [1.29, 1.82) is 0 Å². The Hall–Kier alpha value is -1.44. The average Bonchev–Trinajstić information content (AvgIpc) is 2.62. The van der Waals surface area contributed by atoms with E-state index in [-0.39, 0.29) is 22.9 Å². The van der Waals surface area contributed by atoms with Crippen LogP contribution in [0.1, 0.15) is 56.3 Å². The van der Waals surface area contributed by atoms with E-state index in [0.717, 1.165) is 38.6 Å². The number of nitrogens with one attached hydrogen (secondary N) is 2. The third kappa shape index (κ3) is 4.27. The van der Waals surface area contributed by atoms with Crippen LogP contribution in [0.25, 0.3) is 0 Å². The molecule has 0 saturated carbocycles. The highest BCUT2D eigenvalue weighted by Gasteiger charge is 2.31. The third-order valence-corrected chi connectivity index (χ3v) is 7.45. The van der Waals surface area contributed by atoms with Crippen molar-refractivity contribution in [2.45, 2.75) is 69.0 Å². The topological polar surface area (TPSA) is 78.5 Å². The summed E-state index contributed by atoms with van der Waals surface area (Å²) in [5.41, 5.74) is 0.502. The molecule has 2 aliphatic heterocycles. The number of hydrogen-bond donors (Lipinski definition) is 2. The molecule has 144 valence electrons. The summed E-state index contributed by atoms with van der Waals surface area (Å²) < 4.78 is 27.3. The molecular formula is C19H29N3O3S. The maximum absolute atomic E-state index is 12.9. The number of benzene rings is 1. The number of amides is 1.